The van der Waals surface area contributed by atoms with Crippen molar-refractivity contribution in [2.45, 2.75) is 19.4 Å². The lowest BCUT2D eigenvalue weighted by Gasteiger charge is -2.12. The van der Waals surface area contributed by atoms with Crippen LogP contribution in [-0.2, 0) is 16.0 Å². The molecule has 3 N–H and O–H groups in total. The van der Waals surface area contributed by atoms with Gasteiger partial charge in [0.1, 0.15) is 0 Å². The number of benzene rings is 2. The number of carbonyl (C=O) groups is 3. The molecule has 0 fully saturated rings. The summed E-state index contributed by atoms with van der Waals surface area (Å²) in [6, 6.07) is 12.4. The first-order valence-electron chi connectivity index (χ1n) is 7.48. The third kappa shape index (κ3) is 2.99. The molecule has 24 heavy (non-hydrogen) atoms. The monoisotopic (exact) mass is 324 g/mol. The van der Waals surface area contributed by atoms with Crippen LogP contribution in [-0.4, -0.2) is 24.0 Å². The standard InChI is InChI=1S/C18H16N2O4/c1-10(16(21)20-18(19)23)24-17(22)12-6-7-15-13(9-12)8-11-4-2-3-5-14(11)15/h2-7,9-10H,8H2,1H3,(H3,19,20,21,23). The lowest BCUT2D eigenvalue weighted by atomic mass is 10.0. The smallest absolute Gasteiger partial charge is 0.338 e. The van der Waals surface area contributed by atoms with E-state index in [0.717, 1.165) is 17.5 Å². The maximum absolute atomic E-state index is 12.2. The number of rotatable bonds is 3. The Balaban J connectivity index is 1.75. The summed E-state index contributed by atoms with van der Waals surface area (Å²) in [7, 11) is 0. The number of urea groups is 1. The van der Waals surface area contributed by atoms with Crippen LogP contribution in [0.15, 0.2) is 42.5 Å². The second kappa shape index (κ2) is 6.16. The SMILES string of the molecule is CC(OC(=O)c1ccc2c(c1)Cc1ccccc1-2)C(=O)NC(N)=O. The minimum absolute atomic E-state index is 0.361. The van der Waals surface area contributed by atoms with Gasteiger partial charge in [0.05, 0.1) is 5.56 Å². The third-order valence-electron chi connectivity index (χ3n) is 3.93. The number of esters is 1. The number of carbonyl (C=O) groups excluding carboxylic acids is 3. The largest absolute Gasteiger partial charge is 0.449 e. The van der Waals surface area contributed by atoms with E-state index >= 15 is 0 Å². The van der Waals surface area contributed by atoms with Gasteiger partial charge in [-0.1, -0.05) is 30.3 Å². The highest BCUT2D eigenvalue weighted by Gasteiger charge is 2.23. The average Bonchev–Trinajstić information content (AvgIpc) is 2.91. The van der Waals surface area contributed by atoms with Crippen molar-refractivity contribution in [2.24, 2.45) is 5.73 Å². The zero-order valence-corrected chi connectivity index (χ0v) is 13.0. The fraction of sp³-hybridized carbons (Fsp3) is 0.167. The van der Waals surface area contributed by atoms with Gasteiger partial charge in [-0.05, 0) is 47.7 Å². The van der Waals surface area contributed by atoms with Gasteiger partial charge in [0, 0.05) is 0 Å². The zero-order chi connectivity index (χ0) is 17.3. The molecule has 1 unspecified atom stereocenters. The first-order valence-corrected chi connectivity index (χ1v) is 7.48. The Kier molecular flexibility index (Phi) is 4.04. The van der Waals surface area contributed by atoms with E-state index in [1.54, 1.807) is 12.1 Å². The molecule has 122 valence electrons. The van der Waals surface area contributed by atoms with E-state index < -0.39 is 24.0 Å². The third-order valence-corrected chi connectivity index (χ3v) is 3.93. The molecular weight excluding hydrogens is 308 g/mol. The summed E-state index contributed by atoms with van der Waals surface area (Å²) >= 11 is 0. The predicted octanol–water partition coefficient (Wildman–Crippen LogP) is 2.00. The van der Waals surface area contributed by atoms with Crippen molar-refractivity contribution in [3.05, 3.63) is 59.2 Å². The van der Waals surface area contributed by atoms with Crippen LogP contribution in [0.5, 0.6) is 0 Å². The summed E-state index contributed by atoms with van der Waals surface area (Å²) in [5.41, 5.74) is 9.75. The van der Waals surface area contributed by atoms with Gasteiger partial charge in [-0.3, -0.25) is 10.1 Å². The van der Waals surface area contributed by atoms with Gasteiger partial charge < -0.3 is 10.5 Å². The van der Waals surface area contributed by atoms with Crippen molar-refractivity contribution < 1.29 is 19.1 Å². The Hall–Kier alpha value is -3.15. The highest BCUT2D eigenvalue weighted by atomic mass is 16.5. The number of amides is 3. The second-order valence-electron chi connectivity index (χ2n) is 5.61. The van der Waals surface area contributed by atoms with Crippen molar-refractivity contribution in [3.63, 3.8) is 0 Å². The number of hydrogen-bond donors (Lipinski definition) is 2. The highest BCUT2D eigenvalue weighted by molar-refractivity contribution is 5.98. The Morgan fingerprint density at radius 2 is 1.79 bits per heavy atom. The highest BCUT2D eigenvalue weighted by Crippen LogP contribution is 2.36. The molecule has 0 saturated carbocycles. The fourth-order valence-electron chi connectivity index (χ4n) is 2.78. The molecular formula is C18H16N2O4. The van der Waals surface area contributed by atoms with Crippen LogP contribution in [0.3, 0.4) is 0 Å². The Labute approximate surface area is 138 Å². The summed E-state index contributed by atoms with van der Waals surface area (Å²) in [5.74, 6) is -1.38. The molecule has 2 aromatic rings. The molecule has 3 amide bonds. The molecule has 0 heterocycles. The van der Waals surface area contributed by atoms with Crippen molar-refractivity contribution in [3.8, 4) is 11.1 Å². The first-order chi connectivity index (χ1) is 11.5. The molecule has 0 saturated heterocycles. The van der Waals surface area contributed by atoms with Gasteiger partial charge in [0.2, 0.25) is 0 Å². The number of primary amides is 1. The van der Waals surface area contributed by atoms with Crippen LogP contribution in [0.4, 0.5) is 4.79 Å². The van der Waals surface area contributed by atoms with Gasteiger partial charge in [-0.25, -0.2) is 9.59 Å². The Bertz CT molecular complexity index is 845. The molecule has 0 radical (unpaired) electrons. The molecule has 6 nitrogen and oxygen atoms in total. The Morgan fingerprint density at radius 3 is 2.54 bits per heavy atom. The number of fused-ring (bicyclic) bond motifs is 3. The van der Waals surface area contributed by atoms with E-state index in [2.05, 4.69) is 12.1 Å². The van der Waals surface area contributed by atoms with Gasteiger partial charge in [-0.2, -0.15) is 0 Å². The molecule has 1 aliphatic carbocycles. The summed E-state index contributed by atoms with van der Waals surface area (Å²) in [5, 5.41) is 1.88. The Morgan fingerprint density at radius 1 is 1.08 bits per heavy atom. The summed E-state index contributed by atoms with van der Waals surface area (Å²) in [6.07, 6.45) is -0.361. The van der Waals surface area contributed by atoms with Crippen LogP contribution < -0.4 is 11.1 Å². The van der Waals surface area contributed by atoms with Crippen LogP contribution in [0.2, 0.25) is 0 Å². The fourth-order valence-corrected chi connectivity index (χ4v) is 2.78. The van der Waals surface area contributed by atoms with E-state index in [-0.39, 0.29) is 0 Å². The first kappa shape index (κ1) is 15.7. The number of hydrogen-bond acceptors (Lipinski definition) is 4. The molecule has 1 aliphatic rings. The van der Waals surface area contributed by atoms with E-state index in [4.69, 9.17) is 10.5 Å². The molecule has 2 aromatic carbocycles. The second-order valence-corrected chi connectivity index (χ2v) is 5.61. The topological polar surface area (TPSA) is 98.5 Å². The lowest BCUT2D eigenvalue weighted by Crippen LogP contribution is -2.42. The summed E-state index contributed by atoms with van der Waals surface area (Å²) in [4.78, 5) is 34.4. The lowest BCUT2D eigenvalue weighted by molar-refractivity contribution is -0.127. The van der Waals surface area contributed by atoms with E-state index in [1.165, 1.54) is 18.1 Å². The minimum Gasteiger partial charge on any atom is -0.449 e. The predicted molar refractivity (Wildman–Crippen MR) is 87.3 cm³/mol. The van der Waals surface area contributed by atoms with Crippen LogP contribution >= 0.6 is 0 Å². The molecule has 3 rings (SSSR count). The van der Waals surface area contributed by atoms with Crippen molar-refractivity contribution in [1.29, 1.82) is 0 Å². The van der Waals surface area contributed by atoms with Gasteiger partial charge in [0.15, 0.2) is 6.10 Å². The van der Waals surface area contributed by atoms with Crippen LogP contribution in [0.25, 0.3) is 11.1 Å². The maximum Gasteiger partial charge on any atom is 0.338 e. The zero-order valence-electron chi connectivity index (χ0n) is 13.0. The summed E-state index contributed by atoms with van der Waals surface area (Å²) in [6.45, 7) is 1.37. The van der Waals surface area contributed by atoms with E-state index in [9.17, 15) is 14.4 Å². The van der Waals surface area contributed by atoms with Gasteiger partial charge in [0.25, 0.3) is 5.91 Å². The van der Waals surface area contributed by atoms with Crippen LogP contribution in [0.1, 0.15) is 28.4 Å². The minimum atomic E-state index is -1.12. The average molecular weight is 324 g/mol. The number of ether oxygens (including phenoxy) is 1. The maximum atomic E-state index is 12.2. The number of nitrogens with two attached hydrogens (primary N) is 1. The number of nitrogens with one attached hydrogen (secondary N) is 1. The molecule has 0 aromatic heterocycles. The quantitative estimate of drug-likeness (QED) is 0.720. The van der Waals surface area contributed by atoms with Gasteiger partial charge >= 0.3 is 12.0 Å². The molecule has 0 aliphatic heterocycles. The number of imide groups is 1. The van der Waals surface area contributed by atoms with Crippen LogP contribution in [0, 0.1) is 0 Å². The van der Waals surface area contributed by atoms with Crippen molar-refractivity contribution >= 4 is 17.9 Å². The van der Waals surface area contributed by atoms with Gasteiger partial charge in [-0.15, -0.1) is 0 Å². The molecule has 1 atom stereocenters. The van der Waals surface area contributed by atoms with E-state index in [1.807, 2.05) is 23.5 Å². The van der Waals surface area contributed by atoms with Crippen molar-refractivity contribution in [2.75, 3.05) is 0 Å². The van der Waals surface area contributed by atoms with E-state index in [0.29, 0.717) is 5.56 Å². The molecule has 0 spiro atoms. The van der Waals surface area contributed by atoms with Crippen molar-refractivity contribution in [1.82, 2.24) is 5.32 Å². The normalized spacial score (nSPS) is 12.7. The molecule has 6 heteroatoms. The summed E-state index contributed by atoms with van der Waals surface area (Å²) < 4.78 is 5.08. The molecule has 0 bridgehead atoms.